The van der Waals surface area contributed by atoms with E-state index in [1.807, 2.05) is 78.9 Å². The van der Waals surface area contributed by atoms with Crippen molar-refractivity contribution in [1.82, 2.24) is 0 Å². The molecule has 3 aromatic carbocycles. The molecule has 0 N–H and O–H groups in total. The Bertz CT molecular complexity index is 861. The molecular formula is C22H17NO2. The fraction of sp³-hybridized carbons (Fsp3) is 0.0455. The number of benzene rings is 3. The van der Waals surface area contributed by atoms with Crippen LogP contribution >= 0.6 is 0 Å². The van der Waals surface area contributed by atoms with Gasteiger partial charge in [0, 0.05) is 6.21 Å². The second-order valence-electron chi connectivity index (χ2n) is 5.23. The number of para-hydroxylation sites is 1. The largest absolute Gasteiger partial charge is 0.481 e. The maximum absolute atomic E-state index is 5.76. The molecule has 0 aliphatic carbocycles. The Balaban J connectivity index is 1.61. The highest BCUT2D eigenvalue weighted by Crippen LogP contribution is 2.23. The number of rotatable bonds is 6. The van der Waals surface area contributed by atoms with Crippen molar-refractivity contribution in [2.24, 2.45) is 4.99 Å². The number of hydrogen-bond acceptors (Lipinski definition) is 3. The molecular weight excluding hydrogens is 310 g/mol. The smallest absolute Gasteiger partial charge is 0.148 e. The van der Waals surface area contributed by atoms with Gasteiger partial charge in [0.1, 0.15) is 23.9 Å². The van der Waals surface area contributed by atoms with Crippen LogP contribution in [-0.2, 0) is 0 Å². The average Bonchev–Trinajstić information content (AvgIpc) is 2.67. The first-order valence-corrected chi connectivity index (χ1v) is 7.87. The third kappa shape index (κ3) is 4.98. The van der Waals surface area contributed by atoms with Crippen LogP contribution < -0.4 is 9.47 Å². The molecule has 0 bridgehead atoms. The van der Waals surface area contributed by atoms with Gasteiger partial charge < -0.3 is 9.47 Å². The van der Waals surface area contributed by atoms with Crippen LogP contribution in [0.4, 0.5) is 5.69 Å². The number of hydrogen-bond donors (Lipinski definition) is 0. The zero-order valence-corrected chi connectivity index (χ0v) is 13.6. The van der Waals surface area contributed by atoms with Gasteiger partial charge in [-0.1, -0.05) is 24.1 Å². The average molecular weight is 327 g/mol. The monoisotopic (exact) mass is 327 g/mol. The number of aliphatic imine (C=N–C) groups is 1. The Hall–Kier alpha value is -3.51. The quantitative estimate of drug-likeness (QED) is 0.458. The summed E-state index contributed by atoms with van der Waals surface area (Å²) < 4.78 is 11.1. The van der Waals surface area contributed by atoms with Crippen LogP contribution in [0, 0.1) is 12.3 Å². The van der Waals surface area contributed by atoms with E-state index in [9.17, 15) is 0 Å². The summed E-state index contributed by atoms with van der Waals surface area (Å²) in [6.07, 6.45) is 6.97. The second-order valence-corrected chi connectivity index (χ2v) is 5.23. The van der Waals surface area contributed by atoms with E-state index in [-0.39, 0.29) is 6.61 Å². The third-order valence-corrected chi connectivity index (χ3v) is 3.38. The summed E-state index contributed by atoms with van der Waals surface area (Å²) >= 11 is 0. The van der Waals surface area contributed by atoms with Crippen LogP contribution in [0.15, 0.2) is 83.9 Å². The summed E-state index contributed by atoms with van der Waals surface area (Å²) in [5.74, 6) is 4.78. The maximum Gasteiger partial charge on any atom is 0.148 e. The summed E-state index contributed by atoms with van der Waals surface area (Å²) in [7, 11) is 0. The van der Waals surface area contributed by atoms with Gasteiger partial charge in [0.2, 0.25) is 0 Å². The van der Waals surface area contributed by atoms with Crippen LogP contribution in [0.1, 0.15) is 5.56 Å². The molecule has 3 rings (SSSR count). The van der Waals surface area contributed by atoms with Gasteiger partial charge in [0.05, 0.1) is 5.69 Å². The Morgan fingerprint density at radius 1 is 0.800 bits per heavy atom. The van der Waals surface area contributed by atoms with Gasteiger partial charge in [-0.2, -0.15) is 0 Å². The van der Waals surface area contributed by atoms with Crippen molar-refractivity contribution in [2.45, 2.75) is 0 Å². The van der Waals surface area contributed by atoms with E-state index < -0.39 is 0 Å². The second kappa shape index (κ2) is 8.37. The standard InChI is InChI=1S/C22H17NO2/c1-2-16-24-20-12-8-18(9-13-20)17-23-19-10-14-22(15-11-19)25-21-6-4-3-5-7-21/h1,3-15,17H,16H2. The summed E-state index contributed by atoms with van der Waals surface area (Å²) in [5.41, 5.74) is 1.84. The highest BCUT2D eigenvalue weighted by atomic mass is 16.5. The van der Waals surface area contributed by atoms with Crippen molar-refractivity contribution in [2.75, 3.05) is 6.61 Å². The molecule has 0 saturated heterocycles. The molecule has 0 aliphatic heterocycles. The van der Waals surface area contributed by atoms with Crippen LogP contribution in [-0.4, -0.2) is 12.8 Å². The zero-order valence-electron chi connectivity index (χ0n) is 13.6. The van der Waals surface area contributed by atoms with Crippen LogP contribution in [0.3, 0.4) is 0 Å². The molecule has 0 spiro atoms. The highest BCUT2D eigenvalue weighted by molar-refractivity contribution is 5.82. The molecule has 3 nitrogen and oxygen atoms in total. The maximum atomic E-state index is 5.76. The number of nitrogens with zero attached hydrogens (tertiary/aromatic N) is 1. The minimum atomic E-state index is 0.269. The van der Waals surface area contributed by atoms with Gasteiger partial charge >= 0.3 is 0 Å². The van der Waals surface area contributed by atoms with Crippen molar-refractivity contribution in [3.63, 3.8) is 0 Å². The molecule has 3 aromatic rings. The lowest BCUT2D eigenvalue weighted by Gasteiger charge is -2.05. The molecule has 0 saturated carbocycles. The van der Waals surface area contributed by atoms with E-state index in [2.05, 4.69) is 10.9 Å². The van der Waals surface area contributed by atoms with Crippen molar-refractivity contribution >= 4 is 11.9 Å². The molecule has 0 unspecified atom stereocenters. The van der Waals surface area contributed by atoms with E-state index in [4.69, 9.17) is 15.9 Å². The lowest BCUT2D eigenvalue weighted by Crippen LogP contribution is -1.93. The molecule has 122 valence electrons. The molecule has 0 aliphatic rings. The Labute approximate surface area is 147 Å². The van der Waals surface area contributed by atoms with E-state index in [1.54, 1.807) is 6.21 Å². The first-order chi connectivity index (χ1) is 12.3. The summed E-state index contributed by atoms with van der Waals surface area (Å²) in [4.78, 5) is 4.46. The van der Waals surface area contributed by atoms with Crippen LogP contribution in [0.2, 0.25) is 0 Å². The molecule has 0 radical (unpaired) electrons. The van der Waals surface area contributed by atoms with E-state index in [0.29, 0.717) is 0 Å². The zero-order chi connectivity index (χ0) is 17.3. The predicted octanol–water partition coefficient (Wildman–Crippen LogP) is 5.24. The van der Waals surface area contributed by atoms with Gasteiger partial charge in [-0.25, -0.2) is 0 Å². The van der Waals surface area contributed by atoms with Gasteiger partial charge in [0.25, 0.3) is 0 Å². The highest BCUT2D eigenvalue weighted by Gasteiger charge is 1.97. The van der Waals surface area contributed by atoms with E-state index in [1.165, 1.54) is 0 Å². The topological polar surface area (TPSA) is 30.8 Å². The van der Waals surface area contributed by atoms with Crippen molar-refractivity contribution in [1.29, 1.82) is 0 Å². The Morgan fingerprint density at radius 2 is 1.44 bits per heavy atom. The van der Waals surface area contributed by atoms with Gasteiger partial charge in [-0.05, 0) is 66.2 Å². The number of terminal acetylenes is 1. The van der Waals surface area contributed by atoms with Gasteiger partial charge in [-0.3, -0.25) is 4.99 Å². The van der Waals surface area contributed by atoms with Crippen LogP contribution in [0.5, 0.6) is 17.2 Å². The lowest BCUT2D eigenvalue weighted by atomic mass is 10.2. The molecule has 0 fully saturated rings. The molecule has 0 amide bonds. The van der Waals surface area contributed by atoms with Crippen molar-refractivity contribution < 1.29 is 9.47 Å². The first-order valence-electron chi connectivity index (χ1n) is 7.87. The Kier molecular flexibility index (Phi) is 5.48. The molecule has 0 heterocycles. The third-order valence-electron chi connectivity index (χ3n) is 3.38. The fourth-order valence-electron chi connectivity index (χ4n) is 2.15. The molecule has 0 atom stereocenters. The van der Waals surface area contributed by atoms with Crippen LogP contribution in [0.25, 0.3) is 0 Å². The summed E-state index contributed by atoms with van der Waals surface area (Å²) in [5, 5.41) is 0. The van der Waals surface area contributed by atoms with E-state index >= 15 is 0 Å². The fourth-order valence-corrected chi connectivity index (χ4v) is 2.15. The first kappa shape index (κ1) is 16.4. The minimum absolute atomic E-state index is 0.269. The lowest BCUT2D eigenvalue weighted by molar-refractivity contribution is 0.370. The predicted molar refractivity (Wildman–Crippen MR) is 101 cm³/mol. The normalized spacial score (nSPS) is 10.4. The van der Waals surface area contributed by atoms with Gasteiger partial charge in [-0.15, -0.1) is 6.42 Å². The molecule has 3 heteroatoms. The SMILES string of the molecule is C#CCOc1ccc(C=Nc2ccc(Oc3ccccc3)cc2)cc1. The summed E-state index contributed by atoms with van der Waals surface area (Å²) in [6.45, 7) is 0.269. The van der Waals surface area contributed by atoms with Crippen molar-refractivity contribution in [3.8, 4) is 29.6 Å². The molecule has 0 aromatic heterocycles. The van der Waals surface area contributed by atoms with E-state index in [0.717, 1.165) is 28.5 Å². The Morgan fingerprint density at radius 3 is 2.12 bits per heavy atom. The summed E-state index contributed by atoms with van der Waals surface area (Å²) in [6, 6.07) is 24.9. The van der Waals surface area contributed by atoms with Crippen molar-refractivity contribution in [3.05, 3.63) is 84.4 Å². The van der Waals surface area contributed by atoms with Gasteiger partial charge in [0.15, 0.2) is 0 Å². The number of ether oxygens (including phenoxy) is 2. The minimum Gasteiger partial charge on any atom is -0.481 e. The molecule has 25 heavy (non-hydrogen) atoms.